The van der Waals surface area contributed by atoms with E-state index >= 15 is 0 Å². The summed E-state index contributed by atoms with van der Waals surface area (Å²) in [6, 6.07) is 2.24. The van der Waals surface area contributed by atoms with Crippen molar-refractivity contribution in [3.05, 3.63) is 21.9 Å². The van der Waals surface area contributed by atoms with Gasteiger partial charge in [-0.2, -0.15) is 0 Å². The van der Waals surface area contributed by atoms with Gasteiger partial charge in [-0.05, 0) is 23.4 Å². The molecule has 0 amide bonds. The van der Waals surface area contributed by atoms with Crippen LogP contribution in [-0.2, 0) is 17.7 Å². The molecule has 0 aromatic carbocycles. The topological polar surface area (TPSA) is 32.7 Å². The predicted molar refractivity (Wildman–Crippen MR) is 63.6 cm³/mol. The summed E-state index contributed by atoms with van der Waals surface area (Å²) in [7, 11) is 0. The summed E-state index contributed by atoms with van der Waals surface area (Å²) >= 11 is 1.85. The Labute approximate surface area is 99.6 Å². The van der Waals surface area contributed by atoms with Crippen LogP contribution in [0.25, 0.3) is 0 Å². The van der Waals surface area contributed by atoms with Gasteiger partial charge in [-0.15, -0.1) is 11.3 Å². The lowest BCUT2D eigenvalue weighted by Crippen LogP contribution is -2.53. The normalized spacial score (nSPS) is 23.8. The highest BCUT2D eigenvalue weighted by Crippen LogP contribution is 2.31. The molecule has 0 aliphatic carbocycles. The quantitative estimate of drug-likeness (QED) is 0.858. The molecule has 1 aromatic rings. The van der Waals surface area contributed by atoms with Crippen LogP contribution in [0.15, 0.2) is 11.4 Å². The number of nitrogens with zero attached hydrogens (tertiary/aromatic N) is 1. The third-order valence-electron chi connectivity index (χ3n) is 3.61. The van der Waals surface area contributed by atoms with Gasteiger partial charge >= 0.3 is 0 Å². The molecule has 3 rings (SSSR count). The van der Waals surface area contributed by atoms with Crippen molar-refractivity contribution in [1.29, 1.82) is 0 Å². The van der Waals surface area contributed by atoms with E-state index in [-0.39, 0.29) is 12.0 Å². The van der Waals surface area contributed by atoms with Crippen LogP contribution in [0.4, 0.5) is 0 Å². The lowest BCUT2D eigenvalue weighted by molar-refractivity contribution is -0.149. The fourth-order valence-electron chi connectivity index (χ4n) is 2.52. The zero-order valence-corrected chi connectivity index (χ0v) is 10.1. The summed E-state index contributed by atoms with van der Waals surface area (Å²) in [5.41, 5.74) is 1.54. The third kappa shape index (κ3) is 1.80. The molecule has 0 spiro atoms. The van der Waals surface area contributed by atoms with Gasteiger partial charge in [-0.3, -0.25) is 4.90 Å². The molecule has 88 valence electrons. The van der Waals surface area contributed by atoms with E-state index < -0.39 is 0 Å². The van der Waals surface area contributed by atoms with Crippen LogP contribution >= 0.6 is 11.3 Å². The van der Waals surface area contributed by atoms with Crippen molar-refractivity contribution in [3.63, 3.8) is 0 Å². The van der Waals surface area contributed by atoms with E-state index in [9.17, 15) is 5.11 Å². The molecule has 0 radical (unpaired) electrons. The Morgan fingerprint density at radius 3 is 3.06 bits per heavy atom. The molecule has 0 saturated carbocycles. The Morgan fingerprint density at radius 1 is 1.50 bits per heavy atom. The molecule has 0 bridgehead atoms. The predicted octanol–water partition coefficient (Wildman–Crippen LogP) is 1.12. The lowest BCUT2D eigenvalue weighted by Gasteiger charge is -2.44. The van der Waals surface area contributed by atoms with E-state index in [1.807, 2.05) is 11.3 Å². The van der Waals surface area contributed by atoms with E-state index in [1.165, 1.54) is 10.4 Å². The van der Waals surface area contributed by atoms with E-state index in [4.69, 9.17) is 4.74 Å². The van der Waals surface area contributed by atoms with Crippen molar-refractivity contribution in [2.75, 3.05) is 32.9 Å². The SMILES string of the molecule is OCC1(CN2CCc3ccsc3C2)COC1. The van der Waals surface area contributed by atoms with Crippen LogP contribution < -0.4 is 0 Å². The summed E-state index contributed by atoms with van der Waals surface area (Å²) in [6.07, 6.45) is 1.15. The minimum absolute atomic E-state index is 0.0226. The fraction of sp³-hybridized carbons (Fsp3) is 0.667. The molecule has 3 heterocycles. The number of ether oxygens (including phenoxy) is 1. The fourth-order valence-corrected chi connectivity index (χ4v) is 3.50. The van der Waals surface area contributed by atoms with Crippen LogP contribution in [0.1, 0.15) is 10.4 Å². The van der Waals surface area contributed by atoms with Crippen LogP contribution in [0.5, 0.6) is 0 Å². The first-order chi connectivity index (χ1) is 7.81. The van der Waals surface area contributed by atoms with Crippen LogP contribution in [0, 0.1) is 5.41 Å². The van der Waals surface area contributed by atoms with Crippen molar-refractivity contribution < 1.29 is 9.84 Å². The second-order valence-corrected chi connectivity index (χ2v) is 5.98. The molecular weight excluding hydrogens is 222 g/mol. The van der Waals surface area contributed by atoms with E-state index in [1.54, 1.807) is 0 Å². The number of thiophene rings is 1. The van der Waals surface area contributed by atoms with Crippen molar-refractivity contribution in [2.24, 2.45) is 5.41 Å². The van der Waals surface area contributed by atoms with Crippen LogP contribution in [0.2, 0.25) is 0 Å². The smallest absolute Gasteiger partial charge is 0.0579 e. The van der Waals surface area contributed by atoms with Gasteiger partial charge in [0.25, 0.3) is 0 Å². The maximum atomic E-state index is 9.42. The van der Waals surface area contributed by atoms with Gasteiger partial charge in [0.05, 0.1) is 25.2 Å². The Kier molecular flexibility index (Phi) is 2.75. The highest BCUT2D eigenvalue weighted by Gasteiger charge is 2.40. The number of hydrogen-bond donors (Lipinski definition) is 1. The zero-order valence-electron chi connectivity index (χ0n) is 9.32. The maximum Gasteiger partial charge on any atom is 0.0579 e. The summed E-state index contributed by atoms with van der Waals surface area (Å²) in [4.78, 5) is 3.96. The Balaban J connectivity index is 1.65. The highest BCUT2D eigenvalue weighted by molar-refractivity contribution is 7.10. The van der Waals surface area contributed by atoms with E-state index in [0.717, 1.165) is 39.3 Å². The third-order valence-corrected chi connectivity index (χ3v) is 4.56. The number of hydrogen-bond acceptors (Lipinski definition) is 4. The molecule has 1 N–H and O–H groups in total. The zero-order chi connectivity index (χ0) is 11.0. The first kappa shape index (κ1) is 10.7. The maximum absolute atomic E-state index is 9.42. The number of aliphatic hydroxyl groups is 1. The standard InChI is InChI=1S/C12H17NO2S/c14-7-12(8-15-9-12)6-13-3-1-10-2-4-16-11(10)5-13/h2,4,14H,1,3,5-9H2. The van der Waals surface area contributed by atoms with Crippen LogP contribution in [-0.4, -0.2) is 42.9 Å². The average Bonchev–Trinajstić information content (AvgIpc) is 2.70. The van der Waals surface area contributed by atoms with Gasteiger partial charge in [0.15, 0.2) is 0 Å². The molecule has 2 aliphatic heterocycles. The van der Waals surface area contributed by atoms with Crippen LogP contribution in [0.3, 0.4) is 0 Å². The minimum atomic E-state index is 0.0226. The average molecular weight is 239 g/mol. The Hall–Kier alpha value is -0.420. The van der Waals surface area contributed by atoms with E-state index in [0.29, 0.717) is 0 Å². The number of rotatable bonds is 3. The largest absolute Gasteiger partial charge is 0.396 e. The summed E-state index contributed by atoms with van der Waals surface area (Å²) in [5, 5.41) is 11.6. The van der Waals surface area contributed by atoms with Crippen molar-refractivity contribution >= 4 is 11.3 Å². The Morgan fingerprint density at radius 2 is 2.38 bits per heavy atom. The second kappa shape index (κ2) is 4.11. The molecule has 2 aliphatic rings. The van der Waals surface area contributed by atoms with Gasteiger partial charge < -0.3 is 9.84 Å². The summed E-state index contributed by atoms with van der Waals surface area (Å²) in [6.45, 7) is 4.83. The van der Waals surface area contributed by atoms with Gasteiger partial charge in [0.2, 0.25) is 0 Å². The summed E-state index contributed by atoms with van der Waals surface area (Å²) in [5.74, 6) is 0. The summed E-state index contributed by atoms with van der Waals surface area (Å²) < 4.78 is 5.24. The first-order valence-electron chi connectivity index (χ1n) is 5.78. The molecule has 4 heteroatoms. The van der Waals surface area contributed by atoms with Gasteiger partial charge in [0, 0.05) is 24.5 Å². The first-order valence-corrected chi connectivity index (χ1v) is 6.66. The second-order valence-electron chi connectivity index (χ2n) is 4.98. The number of aliphatic hydroxyl groups excluding tert-OH is 1. The Bertz CT molecular complexity index is 367. The lowest BCUT2D eigenvalue weighted by atomic mass is 9.86. The molecule has 0 atom stereocenters. The molecule has 1 aromatic heterocycles. The van der Waals surface area contributed by atoms with Gasteiger partial charge in [-0.1, -0.05) is 0 Å². The molecule has 0 unspecified atom stereocenters. The molecule has 3 nitrogen and oxygen atoms in total. The van der Waals surface area contributed by atoms with Gasteiger partial charge in [-0.25, -0.2) is 0 Å². The molecule has 1 fully saturated rings. The van der Waals surface area contributed by atoms with Crippen molar-refractivity contribution in [1.82, 2.24) is 4.90 Å². The van der Waals surface area contributed by atoms with Gasteiger partial charge in [0.1, 0.15) is 0 Å². The van der Waals surface area contributed by atoms with Crippen molar-refractivity contribution in [2.45, 2.75) is 13.0 Å². The van der Waals surface area contributed by atoms with E-state index in [2.05, 4.69) is 16.3 Å². The molecule has 16 heavy (non-hydrogen) atoms. The molecular formula is C12H17NO2S. The van der Waals surface area contributed by atoms with Crippen molar-refractivity contribution in [3.8, 4) is 0 Å². The minimum Gasteiger partial charge on any atom is -0.396 e. The number of fused-ring (bicyclic) bond motifs is 1. The highest BCUT2D eigenvalue weighted by atomic mass is 32.1. The monoisotopic (exact) mass is 239 g/mol. The molecule has 1 saturated heterocycles.